The molecule has 0 radical (unpaired) electrons. The molecule has 0 spiro atoms. The zero-order valence-electron chi connectivity index (χ0n) is 11.6. The first-order valence-corrected chi connectivity index (χ1v) is 7.38. The second-order valence-corrected chi connectivity index (χ2v) is 5.64. The van der Waals surface area contributed by atoms with Crippen molar-refractivity contribution in [2.75, 3.05) is 6.54 Å². The highest BCUT2D eigenvalue weighted by atomic mass is 79.9. The number of carbonyl (C=O) groups is 2. The molecule has 0 saturated carbocycles. The third-order valence-electron chi connectivity index (χ3n) is 3.04. The lowest BCUT2D eigenvalue weighted by Gasteiger charge is -2.07. The fourth-order valence-electron chi connectivity index (χ4n) is 1.99. The Kier molecular flexibility index (Phi) is 5.27. The van der Waals surface area contributed by atoms with Crippen molar-refractivity contribution in [3.8, 4) is 0 Å². The van der Waals surface area contributed by atoms with Gasteiger partial charge in [-0.15, -0.1) is 0 Å². The fourth-order valence-corrected chi connectivity index (χ4v) is 2.45. The predicted octanol–water partition coefficient (Wildman–Crippen LogP) is 2.66. The monoisotopic (exact) mass is 364 g/mol. The summed E-state index contributed by atoms with van der Waals surface area (Å²) in [7, 11) is 0. The van der Waals surface area contributed by atoms with E-state index >= 15 is 0 Å². The molecular weight excluding hydrogens is 351 g/mol. The summed E-state index contributed by atoms with van der Waals surface area (Å²) in [6, 6.07) is 10.9. The lowest BCUT2D eigenvalue weighted by Crippen LogP contribution is -2.25. The van der Waals surface area contributed by atoms with Crippen LogP contribution in [0.2, 0.25) is 0 Å². The lowest BCUT2D eigenvalue weighted by atomic mass is 10.1. The molecule has 0 bridgehead atoms. The van der Waals surface area contributed by atoms with Gasteiger partial charge in [-0.2, -0.15) is 0 Å². The van der Waals surface area contributed by atoms with Crippen molar-refractivity contribution in [2.45, 2.75) is 6.42 Å². The van der Waals surface area contributed by atoms with Gasteiger partial charge in [0.15, 0.2) is 0 Å². The van der Waals surface area contributed by atoms with Crippen molar-refractivity contribution in [2.24, 2.45) is 5.73 Å². The zero-order chi connectivity index (χ0) is 16.1. The molecule has 0 aliphatic carbocycles. The second kappa shape index (κ2) is 7.17. The molecule has 114 valence electrons. The number of halogens is 2. The molecule has 0 saturated heterocycles. The van der Waals surface area contributed by atoms with Crippen molar-refractivity contribution in [3.05, 3.63) is 69.4 Å². The van der Waals surface area contributed by atoms with E-state index in [9.17, 15) is 14.0 Å². The second-order valence-electron chi connectivity index (χ2n) is 4.73. The van der Waals surface area contributed by atoms with Gasteiger partial charge in [0.1, 0.15) is 5.82 Å². The molecule has 0 unspecified atom stereocenters. The van der Waals surface area contributed by atoms with Crippen LogP contribution in [0.1, 0.15) is 26.3 Å². The van der Waals surface area contributed by atoms with Gasteiger partial charge in [-0.1, -0.05) is 28.1 Å². The number of carbonyl (C=O) groups excluding carboxylic acids is 2. The van der Waals surface area contributed by atoms with Crippen LogP contribution < -0.4 is 11.1 Å². The van der Waals surface area contributed by atoms with Crippen molar-refractivity contribution in [1.29, 1.82) is 0 Å². The first kappa shape index (κ1) is 16.2. The van der Waals surface area contributed by atoms with Crippen LogP contribution in [0.4, 0.5) is 4.39 Å². The maximum absolute atomic E-state index is 13.2. The molecule has 3 N–H and O–H groups in total. The third kappa shape index (κ3) is 4.39. The van der Waals surface area contributed by atoms with Crippen LogP contribution in [0.3, 0.4) is 0 Å². The predicted molar refractivity (Wildman–Crippen MR) is 85.1 cm³/mol. The van der Waals surface area contributed by atoms with E-state index in [1.165, 1.54) is 12.1 Å². The minimum Gasteiger partial charge on any atom is -0.366 e. The molecule has 4 nitrogen and oxygen atoms in total. The lowest BCUT2D eigenvalue weighted by molar-refractivity contribution is 0.0952. The van der Waals surface area contributed by atoms with E-state index in [0.29, 0.717) is 23.0 Å². The zero-order valence-corrected chi connectivity index (χ0v) is 13.2. The summed E-state index contributed by atoms with van der Waals surface area (Å²) < 4.78 is 13.7. The minimum atomic E-state index is -0.490. The summed E-state index contributed by atoms with van der Waals surface area (Å²) in [5.74, 6) is -1.32. The SMILES string of the molecule is NC(=O)c1cccc(CCNC(=O)c2cc(F)cc(Br)c2)c1. The van der Waals surface area contributed by atoms with Crippen LogP contribution >= 0.6 is 15.9 Å². The van der Waals surface area contributed by atoms with Crippen LogP contribution in [0, 0.1) is 5.82 Å². The van der Waals surface area contributed by atoms with E-state index in [0.717, 1.165) is 5.56 Å². The summed E-state index contributed by atoms with van der Waals surface area (Å²) in [6.07, 6.45) is 0.545. The number of amides is 2. The standard InChI is InChI=1S/C16H14BrFN2O2/c17-13-7-12(8-14(18)9-13)16(22)20-5-4-10-2-1-3-11(6-10)15(19)21/h1-3,6-9H,4-5H2,(H2,19,21)(H,20,22). The molecule has 6 heteroatoms. The van der Waals surface area contributed by atoms with Crippen LogP contribution in [0.25, 0.3) is 0 Å². The number of primary amides is 1. The maximum Gasteiger partial charge on any atom is 0.251 e. The van der Waals surface area contributed by atoms with Gasteiger partial charge in [0.25, 0.3) is 5.91 Å². The molecule has 0 fully saturated rings. The summed E-state index contributed by atoms with van der Waals surface area (Å²) >= 11 is 3.14. The molecular formula is C16H14BrFN2O2. The molecule has 2 aromatic rings. The Bertz CT molecular complexity index is 699. The quantitative estimate of drug-likeness (QED) is 0.855. The van der Waals surface area contributed by atoms with Crippen LogP contribution in [0.15, 0.2) is 46.9 Å². The van der Waals surface area contributed by atoms with Crippen molar-refractivity contribution >= 4 is 27.7 Å². The molecule has 0 aliphatic rings. The van der Waals surface area contributed by atoms with E-state index in [1.54, 1.807) is 24.3 Å². The molecule has 0 aliphatic heterocycles. The Labute approximate surface area is 135 Å². The van der Waals surface area contributed by atoms with E-state index in [1.807, 2.05) is 6.07 Å². The molecule has 2 aromatic carbocycles. The van der Waals surface area contributed by atoms with Crippen molar-refractivity contribution in [1.82, 2.24) is 5.32 Å². The van der Waals surface area contributed by atoms with Gasteiger partial charge in [0, 0.05) is 22.1 Å². The largest absolute Gasteiger partial charge is 0.366 e. The summed E-state index contributed by atoms with van der Waals surface area (Å²) in [5, 5.41) is 2.71. The Morgan fingerprint density at radius 3 is 2.59 bits per heavy atom. The van der Waals surface area contributed by atoms with Crippen molar-refractivity contribution in [3.63, 3.8) is 0 Å². The number of hydrogen-bond donors (Lipinski definition) is 2. The van der Waals surface area contributed by atoms with Gasteiger partial charge < -0.3 is 11.1 Å². The van der Waals surface area contributed by atoms with Gasteiger partial charge >= 0.3 is 0 Å². The minimum absolute atomic E-state index is 0.248. The molecule has 0 atom stereocenters. The van der Waals surface area contributed by atoms with E-state index in [4.69, 9.17) is 5.73 Å². The summed E-state index contributed by atoms with van der Waals surface area (Å²) in [5.41, 5.74) is 6.78. The van der Waals surface area contributed by atoms with Gasteiger partial charge in [0.2, 0.25) is 5.91 Å². The highest BCUT2D eigenvalue weighted by Gasteiger charge is 2.08. The molecule has 0 aromatic heterocycles. The Balaban J connectivity index is 1.94. The highest BCUT2D eigenvalue weighted by Crippen LogP contribution is 2.14. The average Bonchev–Trinajstić information content (AvgIpc) is 2.46. The highest BCUT2D eigenvalue weighted by molar-refractivity contribution is 9.10. The van der Waals surface area contributed by atoms with Crippen LogP contribution in [-0.2, 0) is 6.42 Å². The summed E-state index contributed by atoms with van der Waals surface area (Å²) in [4.78, 5) is 23.0. The van der Waals surface area contributed by atoms with Gasteiger partial charge in [0.05, 0.1) is 0 Å². The fraction of sp³-hybridized carbons (Fsp3) is 0.125. The normalized spacial score (nSPS) is 10.3. The molecule has 2 rings (SSSR count). The van der Waals surface area contributed by atoms with Crippen LogP contribution in [0.5, 0.6) is 0 Å². The Morgan fingerprint density at radius 1 is 1.14 bits per heavy atom. The average molecular weight is 365 g/mol. The molecule has 2 amide bonds. The number of rotatable bonds is 5. The van der Waals surface area contributed by atoms with E-state index in [2.05, 4.69) is 21.2 Å². The van der Waals surface area contributed by atoms with Crippen LogP contribution in [-0.4, -0.2) is 18.4 Å². The molecule has 22 heavy (non-hydrogen) atoms. The van der Waals surface area contributed by atoms with E-state index < -0.39 is 11.7 Å². The van der Waals surface area contributed by atoms with Gasteiger partial charge in [-0.25, -0.2) is 4.39 Å². The Hall–Kier alpha value is -2.21. The van der Waals surface area contributed by atoms with Crippen molar-refractivity contribution < 1.29 is 14.0 Å². The Morgan fingerprint density at radius 2 is 1.91 bits per heavy atom. The number of hydrogen-bond acceptors (Lipinski definition) is 2. The smallest absolute Gasteiger partial charge is 0.251 e. The van der Waals surface area contributed by atoms with Gasteiger partial charge in [-0.05, 0) is 42.3 Å². The number of benzene rings is 2. The first-order valence-electron chi connectivity index (χ1n) is 6.59. The topological polar surface area (TPSA) is 72.2 Å². The third-order valence-corrected chi connectivity index (χ3v) is 3.49. The number of nitrogens with two attached hydrogens (primary N) is 1. The maximum atomic E-state index is 13.2. The first-order chi connectivity index (χ1) is 10.5. The summed E-state index contributed by atoms with van der Waals surface area (Å²) in [6.45, 7) is 0.370. The number of nitrogens with one attached hydrogen (secondary N) is 1. The molecule has 0 heterocycles. The van der Waals surface area contributed by atoms with Gasteiger partial charge in [-0.3, -0.25) is 9.59 Å². The van der Waals surface area contributed by atoms with E-state index in [-0.39, 0.29) is 11.5 Å².